The van der Waals surface area contributed by atoms with E-state index in [-0.39, 0.29) is 11.2 Å². The summed E-state index contributed by atoms with van der Waals surface area (Å²) in [6.07, 6.45) is 6.30. The molecule has 2 aromatic rings. The summed E-state index contributed by atoms with van der Waals surface area (Å²) in [4.78, 5) is 4.68. The molecule has 0 radical (unpaired) electrons. The number of hydrogen-bond acceptors (Lipinski definition) is 2. The van der Waals surface area contributed by atoms with Gasteiger partial charge in [0.1, 0.15) is 5.82 Å². The van der Waals surface area contributed by atoms with Gasteiger partial charge in [0, 0.05) is 24.3 Å². The Morgan fingerprint density at radius 2 is 1.89 bits per heavy atom. The normalized spacial score (nSPS) is 19.1. The Labute approximate surface area is 166 Å². The number of guanidine groups is 1. The van der Waals surface area contributed by atoms with Crippen LogP contribution in [0.1, 0.15) is 42.4 Å². The molecule has 0 bridgehead atoms. The Balaban J connectivity index is 1.54. The molecule has 4 nitrogen and oxygen atoms in total. The molecule has 0 aromatic heterocycles. The molecule has 5 heteroatoms. The Morgan fingerprint density at radius 1 is 1.11 bits per heavy atom. The fourth-order valence-electron chi connectivity index (χ4n) is 4.43. The van der Waals surface area contributed by atoms with Crippen molar-refractivity contribution in [3.05, 3.63) is 65.0 Å². The van der Waals surface area contributed by atoms with Crippen LogP contribution in [0.2, 0.25) is 0 Å². The monoisotopic (exact) mass is 381 g/mol. The molecule has 4 rings (SSSR count). The van der Waals surface area contributed by atoms with E-state index in [0.29, 0.717) is 25.7 Å². The van der Waals surface area contributed by atoms with Gasteiger partial charge in [-0.2, -0.15) is 0 Å². The van der Waals surface area contributed by atoms with Gasteiger partial charge in [-0.15, -0.1) is 0 Å². The molecule has 0 amide bonds. The van der Waals surface area contributed by atoms with Gasteiger partial charge in [-0.25, -0.2) is 4.39 Å². The maximum atomic E-state index is 13.8. The van der Waals surface area contributed by atoms with Crippen molar-refractivity contribution in [1.82, 2.24) is 0 Å². The minimum absolute atomic E-state index is 0.214. The standard InChI is InChI=1S/C23H28FN3O/c24-19-8-4-7-18(15-19)23(11-13-28-14-12-23)16-26-22(25)27-21-10-3-6-17-5-1-2-9-20(17)21/h3-4,6-8,10,15H,1-2,5,9,11-14,16H2,(H3,25,26,27). The zero-order valence-electron chi connectivity index (χ0n) is 16.2. The van der Waals surface area contributed by atoms with Gasteiger partial charge in [-0.3, -0.25) is 4.99 Å². The van der Waals surface area contributed by atoms with Crippen molar-refractivity contribution in [3.63, 3.8) is 0 Å². The van der Waals surface area contributed by atoms with Crippen molar-refractivity contribution in [3.8, 4) is 0 Å². The van der Waals surface area contributed by atoms with Gasteiger partial charge in [-0.05, 0) is 73.4 Å². The molecule has 3 N–H and O–H groups in total. The fraction of sp³-hybridized carbons (Fsp3) is 0.435. The third kappa shape index (κ3) is 4.04. The van der Waals surface area contributed by atoms with Crippen LogP contribution in [0.15, 0.2) is 47.5 Å². The maximum absolute atomic E-state index is 13.8. The summed E-state index contributed by atoms with van der Waals surface area (Å²) >= 11 is 0. The van der Waals surface area contributed by atoms with E-state index in [1.807, 2.05) is 6.07 Å². The van der Waals surface area contributed by atoms with Crippen LogP contribution in [0.5, 0.6) is 0 Å². The van der Waals surface area contributed by atoms with Crippen molar-refractivity contribution in [2.45, 2.75) is 43.9 Å². The number of ether oxygens (including phenoxy) is 1. The summed E-state index contributed by atoms with van der Waals surface area (Å²) in [5, 5.41) is 3.31. The Morgan fingerprint density at radius 3 is 2.71 bits per heavy atom. The minimum Gasteiger partial charge on any atom is -0.381 e. The van der Waals surface area contributed by atoms with Gasteiger partial charge >= 0.3 is 0 Å². The predicted molar refractivity (Wildman–Crippen MR) is 111 cm³/mol. The number of anilines is 1. The first-order valence-corrected chi connectivity index (χ1v) is 10.2. The molecule has 2 aliphatic rings. The molecule has 1 saturated heterocycles. The second-order valence-corrected chi connectivity index (χ2v) is 7.88. The van der Waals surface area contributed by atoms with E-state index in [4.69, 9.17) is 10.5 Å². The van der Waals surface area contributed by atoms with Crippen LogP contribution < -0.4 is 11.1 Å². The molecule has 2 aromatic carbocycles. The zero-order chi connectivity index (χ0) is 19.4. The highest BCUT2D eigenvalue weighted by Crippen LogP contribution is 2.35. The second-order valence-electron chi connectivity index (χ2n) is 7.88. The number of nitrogens with two attached hydrogens (primary N) is 1. The van der Waals surface area contributed by atoms with Crippen LogP contribution in [0.25, 0.3) is 0 Å². The number of aryl methyl sites for hydroxylation is 1. The van der Waals surface area contributed by atoms with Crippen molar-refractivity contribution in [2.24, 2.45) is 10.7 Å². The topological polar surface area (TPSA) is 59.6 Å². The average molecular weight is 381 g/mol. The van der Waals surface area contributed by atoms with E-state index in [0.717, 1.165) is 36.9 Å². The van der Waals surface area contributed by atoms with Crippen molar-refractivity contribution in [2.75, 3.05) is 25.1 Å². The van der Waals surface area contributed by atoms with Crippen LogP contribution in [-0.2, 0) is 23.0 Å². The van der Waals surface area contributed by atoms with Gasteiger partial charge in [0.05, 0.1) is 6.54 Å². The molecule has 1 heterocycles. The lowest BCUT2D eigenvalue weighted by molar-refractivity contribution is 0.0530. The lowest BCUT2D eigenvalue weighted by Gasteiger charge is -2.36. The SMILES string of the molecule is NC(=NCC1(c2cccc(F)c2)CCOCC1)Nc1cccc2c1CCCC2. The van der Waals surface area contributed by atoms with Crippen LogP contribution in [-0.4, -0.2) is 25.7 Å². The highest BCUT2D eigenvalue weighted by molar-refractivity contribution is 5.93. The molecule has 0 unspecified atom stereocenters. The van der Waals surface area contributed by atoms with Crippen molar-refractivity contribution < 1.29 is 9.13 Å². The molecular formula is C23H28FN3O. The zero-order valence-corrected chi connectivity index (χ0v) is 16.2. The van der Waals surface area contributed by atoms with E-state index in [1.54, 1.807) is 12.1 Å². The number of nitrogens with zero attached hydrogens (tertiary/aromatic N) is 1. The molecule has 28 heavy (non-hydrogen) atoms. The first-order valence-electron chi connectivity index (χ1n) is 10.2. The largest absolute Gasteiger partial charge is 0.381 e. The number of rotatable bonds is 4. The van der Waals surface area contributed by atoms with E-state index in [9.17, 15) is 4.39 Å². The maximum Gasteiger partial charge on any atom is 0.193 e. The summed E-state index contributed by atoms with van der Waals surface area (Å²) in [7, 11) is 0. The molecule has 1 aliphatic heterocycles. The molecule has 0 spiro atoms. The quantitative estimate of drug-likeness (QED) is 0.617. The predicted octanol–water partition coefficient (Wildman–Crippen LogP) is 4.18. The van der Waals surface area contributed by atoms with Gasteiger partial charge in [0.15, 0.2) is 5.96 Å². The molecular weight excluding hydrogens is 353 g/mol. The summed E-state index contributed by atoms with van der Waals surface area (Å²) in [5.41, 5.74) is 10.8. The molecule has 148 valence electrons. The van der Waals surface area contributed by atoms with E-state index < -0.39 is 0 Å². The number of nitrogens with one attached hydrogen (secondary N) is 1. The van der Waals surface area contributed by atoms with Gasteiger partial charge in [0.25, 0.3) is 0 Å². The molecule has 0 saturated carbocycles. The van der Waals surface area contributed by atoms with Gasteiger partial charge in [-0.1, -0.05) is 24.3 Å². The first-order chi connectivity index (χ1) is 13.7. The van der Waals surface area contributed by atoms with Crippen LogP contribution in [0.3, 0.4) is 0 Å². The number of aliphatic imine (C=N–C) groups is 1. The Bertz CT molecular complexity index is 859. The summed E-state index contributed by atoms with van der Waals surface area (Å²) in [5.74, 6) is 0.204. The van der Waals surface area contributed by atoms with Crippen LogP contribution in [0, 0.1) is 5.82 Å². The lowest BCUT2D eigenvalue weighted by Crippen LogP contribution is -2.38. The third-order valence-corrected chi connectivity index (χ3v) is 6.10. The number of halogens is 1. The number of fused-ring (bicyclic) bond motifs is 1. The highest BCUT2D eigenvalue weighted by Gasteiger charge is 2.34. The molecule has 0 atom stereocenters. The summed E-state index contributed by atoms with van der Waals surface area (Å²) in [6.45, 7) is 1.84. The third-order valence-electron chi connectivity index (χ3n) is 6.10. The first kappa shape index (κ1) is 18.9. The molecule has 1 fully saturated rings. The summed E-state index contributed by atoms with van der Waals surface area (Å²) in [6, 6.07) is 13.2. The van der Waals surface area contributed by atoms with Gasteiger partial charge < -0.3 is 15.8 Å². The van der Waals surface area contributed by atoms with E-state index >= 15 is 0 Å². The Hall–Kier alpha value is -2.40. The highest BCUT2D eigenvalue weighted by atomic mass is 19.1. The molecule has 1 aliphatic carbocycles. The average Bonchev–Trinajstić information content (AvgIpc) is 2.73. The number of benzene rings is 2. The lowest BCUT2D eigenvalue weighted by atomic mass is 9.74. The summed E-state index contributed by atoms with van der Waals surface area (Å²) < 4.78 is 19.4. The van der Waals surface area contributed by atoms with Gasteiger partial charge in [0.2, 0.25) is 0 Å². The van der Waals surface area contributed by atoms with Crippen molar-refractivity contribution >= 4 is 11.6 Å². The fourth-order valence-corrected chi connectivity index (χ4v) is 4.43. The van der Waals surface area contributed by atoms with Crippen molar-refractivity contribution in [1.29, 1.82) is 0 Å². The van der Waals surface area contributed by atoms with E-state index in [2.05, 4.69) is 28.5 Å². The number of hydrogen-bond donors (Lipinski definition) is 2. The van der Waals surface area contributed by atoms with E-state index in [1.165, 1.54) is 30.0 Å². The smallest absolute Gasteiger partial charge is 0.193 e. The Kier molecular flexibility index (Phi) is 5.62. The minimum atomic E-state index is -0.233. The van der Waals surface area contributed by atoms with Crippen LogP contribution >= 0.6 is 0 Å². The second kappa shape index (κ2) is 8.31. The van der Waals surface area contributed by atoms with Crippen LogP contribution in [0.4, 0.5) is 10.1 Å².